The molecule has 0 aliphatic heterocycles. The van der Waals surface area contributed by atoms with Crippen molar-refractivity contribution in [2.45, 2.75) is 285 Å². The van der Waals surface area contributed by atoms with Crippen molar-refractivity contribution in [3.05, 3.63) is 67.8 Å². The van der Waals surface area contributed by atoms with Gasteiger partial charge in [-0.2, -0.15) is 0 Å². The fraction of sp³-hybridized carbons (Fsp3) is 0.721. The van der Waals surface area contributed by atoms with E-state index in [-0.39, 0.29) is 70.2 Å². The highest BCUT2D eigenvalue weighted by Gasteiger charge is 2.33. The minimum atomic E-state index is -1.40. The molecule has 396 valence electrons. The molecule has 0 spiro atoms. The van der Waals surface area contributed by atoms with Gasteiger partial charge in [-0.3, -0.25) is 4.79 Å². The molecule has 0 aliphatic carbocycles. The van der Waals surface area contributed by atoms with Crippen molar-refractivity contribution in [1.29, 1.82) is 0 Å². The van der Waals surface area contributed by atoms with E-state index in [9.17, 15) is 39.6 Å². The molecule has 0 saturated heterocycles. The van der Waals surface area contributed by atoms with Gasteiger partial charge in [-0.05, 0) is 85.8 Å². The molecule has 0 atom stereocenters. The van der Waals surface area contributed by atoms with Gasteiger partial charge in [0.25, 0.3) is 0 Å². The number of hydrogen-bond donors (Lipinski definition) is 4. The summed E-state index contributed by atoms with van der Waals surface area (Å²) >= 11 is 0. The van der Waals surface area contributed by atoms with Crippen molar-refractivity contribution in [3.63, 3.8) is 0 Å². The number of benzene rings is 2. The third-order valence-corrected chi connectivity index (χ3v) is 14.5. The maximum absolute atomic E-state index is 15.6. The molecule has 2 rings (SSSR count). The van der Waals surface area contributed by atoms with Crippen LogP contribution < -0.4 is 0 Å². The SMILES string of the molecule is CCCCCCCCCCCc1cc(C(=O)c2cc(CCCCCCCCCCC)c(C(=O)O)c(C(=O)O)c2CCCCCCCCCCC)c(CCCCCCCCCCC)c(C(=O)O)c1C(=O)O. The van der Waals surface area contributed by atoms with Crippen LogP contribution in [0.15, 0.2) is 12.1 Å². The largest absolute Gasteiger partial charge is 0.478 e. The predicted octanol–water partition coefficient (Wildman–Crippen LogP) is 18.0. The van der Waals surface area contributed by atoms with Gasteiger partial charge in [-0.25, -0.2) is 19.2 Å². The summed E-state index contributed by atoms with van der Waals surface area (Å²) in [5.41, 5.74) is -0.161. The topological polar surface area (TPSA) is 166 Å². The Morgan fingerprint density at radius 2 is 0.486 bits per heavy atom. The number of carboxylic acid groups (broad SMARTS) is 4. The molecule has 9 nitrogen and oxygen atoms in total. The van der Waals surface area contributed by atoms with Gasteiger partial charge in [0.05, 0.1) is 22.3 Å². The number of carbonyl (C=O) groups excluding carboxylic acids is 1. The Morgan fingerprint density at radius 3 is 0.700 bits per heavy atom. The number of aryl methyl sites for hydroxylation is 2. The summed E-state index contributed by atoms with van der Waals surface area (Å²) in [6, 6.07) is 3.19. The quantitative estimate of drug-likeness (QED) is 0.0373. The lowest BCUT2D eigenvalue weighted by Crippen LogP contribution is -2.22. The van der Waals surface area contributed by atoms with Crippen LogP contribution in [0.5, 0.6) is 0 Å². The first-order valence-corrected chi connectivity index (χ1v) is 28.8. The van der Waals surface area contributed by atoms with Crippen molar-refractivity contribution in [3.8, 4) is 0 Å². The van der Waals surface area contributed by atoms with Crippen LogP contribution in [0.2, 0.25) is 0 Å². The van der Waals surface area contributed by atoms with Crippen molar-refractivity contribution >= 4 is 29.7 Å². The van der Waals surface area contributed by atoms with Crippen LogP contribution in [0.3, 0.4) is 0 Å². The van der Waals surface area contributed by atoms with E-state index in [1.165, 1.54) is 103 Å². The third-order valence-electron chi connectivity index (χ3n) is 14.5. The second-order valence-electron chi connectivity index (χ2n) is 20.5. The lowest BCUT2D eigenvalue weighted by Gasteiger charge is -2.22. The van der Waals surface area contributed by atoms with Crippen LogP contribution in [0.1, 0.15) is 338 Å². The van der Waals surface area contributed by atoms with Crippen LogP contribution in [-0.4, -0.2) is 50.1 Å². The number of rotatable bonds is 46. The second kappa shape index (κ2) is 38.6. The molecule has 0 aromatic heterocycles. The fourth-order valence-electron chi connectivity index (χ4n) is 10.5. The molecule has 0 radical (unpaired) electrons. The van der Waals surface area contributed by atoms with E-state index in [4.69, 9.17) is 0 Å². The lowest BCUT2D eigenvalue weighted by molar-refractivity contribution is 0.0648. The first-order valence-electron chi connectivity index (χ1n) is 28.8. The number of aromatic carboxylic acids is 4. The minimum absolute atomic E-state index is 0.0923. The van der Waals surface area contributed by atoms with Crippen LogP contribution in [0.4, 0.5) is 0 Å². The highest BCUT2D eigenvalue weighted by atomic mass is 16.4. The second-order valence-corrected chi connectivity index (χ2v) is 20.5. The minimum Gasteiger partial charge on any atom is -0.478 e. The van der Waals surface area contributed by atoms with E-state index in [1.807, 2.05) is 0 Å². The molecule has 0 aliphatic rings. The first kappa shape index (κ1) is 62.1. The highest BCUT2D eigenvalue weighted by Crippen LogP contribution is 2.34. The van der Waals surface area contributed by atoms with E-state index in [1.54, 1.807) is 12.1 Å². The van der Waals surface area contributed by atoms with E-state index in [0.717, 1.165) is 103 Å². The highest BCUT2D eigenvalue weighted by molar-refractivity contribution is 6.16. The standard InChI is InChI=1S/C61H98O9/c1-5-9-13-17-21-25-29-33-37-41-47-45-51(49(55(60(67)68)53(47)58(63)64)43-39-35-31-27-23-19-15-11-7-3)57(62)52-46-48(42-38-34-30-26-22-18-14-10-6-2)54(59(65)66)56(61(69)70)50(52)44-40-36-32-28-24-20-16-12-8-4/h45-46H,5-44H2,1-4H3,(H,63,64)(H,65,66)(H,67,68)(H,69,70). The summed E-state index contributed by atoms with van der Waals surface area (Å²) in [5, 5.41) is 43.3. The van der Waals surface area contributed by atoms with Gasteiger partial charge in [0.1, 0.15) is 0 Å². The molecule has 0 unspecified atom stereocenters. The van der Waals surface area contributed by atoms with Crippen LogP contribution in [0, 0.1) is 0 Å². The summed E-state index contributed by atoms with van der Waals surface area (Å²) in [7, 11) is 0. The Kier molecular flexibility index (Phi) is 34.3. The van der Waals surface area contributed by atoms with Gasteiger partial charge in [0, 0.05) is 11.1 Å². The summed E-state index contributed by atoms with van der Waals surface area (Å²) in [6.45, 7) is 8.77. The average molecular weight is 975 g/mol. The zero-order valence-corrected chi connectivity index (χ0v) is 44.8. The Morgan fingerprint density at radius 1 is 0.286 bits per heavy atom. The molecule has 4 N–H and O–H groups in total. The third kappa shape index (κ3) is 23.5. The van der Waals surface area contributed by atoms with Crippen molar-refractivity contribution in [1.82, 2.24) is 0 Å². The van der Waals surface area contributed by atoms with Gasteiger partial charge in [0.15, 0.2) is 5.78 Å². The number of ketones is 1. The maximum Gasteiger partial charge on any atom is 0.336 e. The Hall–Kier alpha value is -4.01. The summed E-state index contributed by atoms with van der Waals surface area (Å²) in [6.07, 6.45) is 38.2. The molecule has 0 fully saturated rings. The monoisotopic (exact) mass is 975 g/mol. The molecule has 0 amide bonds. The van der Waals surface area contributed by atoms with Crippen LogP contribution >= 0.6 is 0 Å². The average Bonchev–Trinajstić information content (AvgIpc) is 3.33. The van der Waals surface area contributed by atoms with E-state index in [2.05, 4.69) is 27.7 Å². The lowest BCUT2D eigenvalue weighted by atomic mass is 9.80. The molecule has 0 bridgehead atoms. The number of unbranched alkanes of at least 4 members (excludes halogenated alkanes) is 32. The summed E-state index contributed by atoms with van der Waals surface area (Å²) < 4.78 is 0. The summed E-state index contributed by atoms with van der Waals surface area (Å²) in [4.78, 5) is 68.8. The Bertz CT molecular complexity index is 1700. The molecule has 2 aromatic rings. The molecular weight excluding hydrogens is 877 g/mol. The maximum atomic E-state index is 15.6. The zero-order chi connectivity index (χ0) is 51.4. The Labute approximate surface area is 424 Å². The van der Waals surface area contributed by atoms with Gasteiger partial charge in [0.2, 0.25) is 0 Å². The normalized spacial score (nSPS) is 11.4. The number of carboxylic acids is 4. The molecule has 70 heavy (non-hydrogen) atoms. The first-order chi connectivity index (χ1) is 34.0. The Balaban J connectivity index is 2.76. The molecule has 0 saturated carbocycles. The van der Waals surface area contributed by atoms with Crippen molar-refractivity contribution < 1.29 is 44.4 Å². The predicted molar refractivity (Wildman–Crippen MR) is 288 cm³/mol. The smallest absolute Gasteiger partial charge is 0.336 e. The number of hydrogen-bond acceptors (Lipinski definition) is 5. The van der Waals surface area contributed by atoms with E-state index < -0.39 is 29.7 Å². The van der Waals surface area contributed by atoms with Gasteiger partial charge >= 0.3 is 23.9 Å². The van der Waals surface area contributed by atoms with Gasteiger partial charge in [-0.15, -0.1) is 0 Å². The van der Waals surface area contributed by atoms with Gasteiger partial charge in [-0.1, -0.05) is 233 Å². The van der Waals surface area contributed by atoms with E-state index in [0.29, 0.717) is 36.8 Å². The molecular formula is C61H98O9. The molecule has 0 heterocycles. The summed E-state index contributed by atoms with van der Waals surface area (Å²) in [5.74, 6) is -6.05. The zero-order valence-electron chi connectivity index (χ0n) is 44.8. The fourth-order valence-corrected chi connectivity index (χ4v) is 10.5. The molecule has 9 heteroatoms. The van der Waals surface area contributed by atoms with Crippen LogP contribution in [-0.2, 0) is 25.7 Å². The molecule has 2 aromatic carbocycles. The van der Waals surface area contributed by atoms with E-state index >= 15 is 4.79 Å². The van der Waals surface area contributed by atoms with Crippen molar-refractivity contribution in [2.24, 2.45) is 0 Å². The van der Waals surface area contributed by atoms with Gasteiger partial charge < -0.3 is 20.4 Å². The van der Waals surface area contributed by atoms with Crippen molar-refractivity contribution in [2.75, 3.05) is 0 Å². The number of carbonyl (C=O) groups is 5. The van der Waals surface area contributed by atoms with Crippen LogP contribution in [0.25, 0.3) is 0 Å².